The lowest BCUT2D eigenvalue weighted by Gasteiger charge is -2.59. The molecule has 2 unspecified atom stereocenters. The van der Waals surface area contributed by atoms with Crippen LogP contribution in [0.25, 0.3) is 0 Å². The number of allylic oxidation sites excluding steroid dienone is 1. The minimum absolute atomic E-state index is 0.0879. The van der Waals surface area contributed by atoms with Gasteiger partial charge in [-0.05, 0) is 88.0 Å². The third-order valence-corrected chi connectivity index (χ3v) is 9.71. The Bertz CT molecular complexity index is 848. The lowest BCUT2D eigenvalue weighted by molar-refractivity contribution is -0.240. The number of carbonyl (C=O) groups excluding carboxylic acids is 3. The second kappa shape index (κ2) is 8.92. The lowest BCUT2D eigenvalue weighted by atomic mass is 9.46. The molecule has 0 heterocycles. The van der Waals surface area contributed by atoms with E-state index in [-0.39, 0.29) is 29.0 Å². The Kier molecular flexibility index (Phi) is 6.65. The Balaban J connectivity index is 1.66. The van der Waals surface area contributed by atoms with Gasteiger partial charge in [-0.1, -0.05) is 19.4 Å². The van der Waals surface area contributed by atoms with Gasteiger partial charge in [0, 0.05) is 25.4 Å². The maximum absolute atomic E-state index is 13.7. The van der Waals surface area contributed by atoms with Crippen molar-refractivity contribution in [3.8, 4) is 0 Å². The van der Waals surface area contributed by atoms with E-state index in [0.29, 0.717) is 37.2 Å². The van der Waals surface area contributed by atoms with E-state index in [2.05, 4.69) is 13.8 Å². The largest absolute Gasteiger partial charge is 0.458 e. The summed E-state index contributed by atoms with van der Waals surface area (Å²) in [6, 6.07) is 0. The van der Waals surface area contributed by atoms with Gasteiger partial charge in [0.25, 0.3) is 0 Å². The first kappa shape index (κ1) is 24.6. The van der Waals surface area contributed by atoms with Crippen molar-refractivity contribution >= 4 is 17.5 Å². The molecule has 0 radical (unpaired) electrons. The molecule has 33 heavy (non-hydrogen) atoms. The van der Waals surface area contributed by atoms with E-state index in [4.69, 9.17) is 14.2 Å². The first-order valence-electron chi connectivity index (χ1n) is 12.8. The van der Waals surface area contributed by atoms with E-state index in [1.165, 1.54) is 12.5 Å². The van der Waals surface area contributed by atoms with Crippen molar-refractivity contribution < 1.29 is 28.6 Å². The smallest absolute Gasteiger partial charge is 0.303 e. The molecule has 0 amide bonds. The molecule has 6 nitrogen and oxygen atoms in total. The minimum atomic E-state index is -1.01. The summed E-state index contributed by atoms with van der Waals surface area (Å²) in [7, 11) is 0. The number of ketones is 2. The van der Waals surface area contributed by atoms with Crippen LogP contribution in [0.5, 0.6) is 0 Å². The minimum Gasteiger partial charge on any atom is -0.458 e. The number of fused-ring (bicyclic) bond motifs is 5. The highest BCUT2D eigenvalue weighted by molar-refractivity contribution is 5.92. The fourth-order valence-corrected chi connectivity index (χ4v) is 8.11. The summed E-state index contributed by atoms with van der Waals surface area (Å²) in [5, 5.41) is 0. The van der Waals surface area contributed by atoms with Crippen LogP contribution in [0.15, 0.2) is 11.6 Å². The molecule has 7 atom stereocenters. The Morgan fingerprint density at radius 1 is 1.09 bits per heavy atom. The Hall–Kier alpha value is -1.53. The molecule has 4 aliphatic rings. The number of rotatable bonds is 7. The van der Waals surface area contributed by atoms with Gasteiger partial charge in [0.1, 0.15) is 5.60 Å². The van der Waals surface area contributed by atoms with Gasteiger partial charge in [-0.3, -0.25) is 14.4 Å². The van der Waals surface area contributed by atoms with Gasteiger partial charge in [0.05, 0.1) is 0 Å². The maximum Gasteiger partial charge on any atom is 0.303 e. The van der Waals surface area contributed by atoms with Crippen molar-refractivity contribution in [1.29, 1.82) is 0 Å². The van der Waals surface area contributed by atoms with E-state index in [1.54, 1.807) is 0 Å². The standard InChI is InChI=1S/C27H40O6/c1-6-31-18(3)33-27(24(30)16-32-17(2)28)14-11-23-21-8-7-19-15-20(29)9-12-25(19,4)22(21)10-13-26(23,27)5/h15,18,21-23H,6-14,16H2,1-5H3/t18?,21-,22+,23+,25+,26+,27?/m1/s1. The van der Waals surface area contributed by atoms with Crippen LogP contribution in [0.3, 0.4) is 0 Å². The molecule has 0 aliphatic heterocycles. The molecule has 4 aliphatic carbocycles. The summed E-state index contributed by atoms with van der Waals surface area (Å²) < 4.78 is 17.4. The van der Waals surface area contributed by atoms with Crippen LogP contribution in [-0.4, -0.2) is 42.6 Å². The van der Waals surface area contributed by atoms with E-state index < -0.39 is 17.9 Å². The van der Waals surface area contributed by atoms with Crippen LogP contribution in [0.2, 0.25) is 0 Å². The van der Waals surface area contributed by atoms with E-state index in [0.717, 1.165) is 38.5 Å². The van der Waals surface area contributed by atoms with Crippen molar-refractivity contribution in [1.82, 2.24) is 0 Å². The number of hydrogen-bond acceptors (Lipinski definition) is 6. The fraction of sp³-hybridized carbons (Fsp3) is 0.815. The molecule has 0 aromatic heterocycles. The summed E-state index contributed by atoms with van der Waals surface area (Å²) in [6.45, 7) is 9.95. The summed E-state index contributed by atoms with van der Waals surface area (Å²) in [5.74, 6) is 1.09. The molecule has 4 rings (SSSR count). The summed E-state index contributed by atoms with van der Waals surface area (Å²) in [4.78, 5) is 37.2. The number of ether oxygens (including phenoxy) is 3. The predicted molar refractivity (Wildman–Crippen MR) is 123 cm³/mol. The molecule has 0 N–H and O–H groups in total. The molecule has 6 heteroatoms. The molecular weight excluding hydrogens is 420 g/mol. The monoisotopic (exact) mass is 460 g/mol. The van der Waals surface area contributed by atoms with Crippen LogP contribution in [0, 0.1) is 28.6 Å². The van der Waals surface area contributed by atoms with Crippen molar-refractivity contribution in [2.45, 2.75) is 97.9 Å². The molecular formula is C27H40O6. The first-order valence-corrected chi connectivity index (χ1v) is 12.8. The average Bonchev–Trinajstić information content (AvgIpc) is 3.05. The second-order valence-electron chi connectivity index (χ2n) is 11.1. The van der Waals surface area contributed by atoms with Crippen LogP contribution < -0.4 is 0 Å². The van der Waals surface area contributed by atoms with E-state index in [9.17, 15) is 14.4 Å². The third kappa shape index (κ3) is 3.91. The van der Waals surface area contributed by atoms with Crippen LogP contribution in [-0.2, 0) is 28.6 Å². The SMILES string of the molecule is CCOC(C)OC1(C(=O)COC(C)=O)CC[C@H]2[C@@H]3CCC4=CC(=O)CC[C@]4(C)[C@H]3CC[C@@]21C. The van der Waals surface area contributed by atoms with Crippen molar-refractivity contribution in [2.24, 2.45) is 28.6 Å². The normalized spacial score (nSPS) is 40.8. The Labute approximate surface area is 197 Å². The highest BCUT2D eigenvalue weighted by Crippen LogP contribution is 2.68. The zero-order chi connectivity index (χ0) is 24.0. The fourth-order valence-electron chi connectivity index (χ4n) is 8.11. The van der Waals surface area contributed by atoms with Crippen LogP contribution >= 0.6 is 0 Å². The zero-order valence-corrected chi connectivity index (χ0v) is 20.9. The highest BCUT2D eigenvalue weighted by atomic mass is 16.7. The molecule has 0 saturated heterocycles. The average molecular weight is 461 g/mol. The van der Waals surface area contributed by atoms with Crippen LogP contribution in [0.4, 0.5) is 0 Å². The summed E-state index contributed by atoms with van der Waals surface area (Å²) in [6.07, 6.45) is 8.52. The van der Waals surface area contributed by atoms with Crippen molar-refractivity contribution in [3.63, 3.8) is 0 Å². The number of hydrogen-bond donors (Lipinski definition) is 0. The second-order valence-corrected chi connectivity index (χ2v) is 11.1. The van der Waals surface area contributed by atoms with E-state index in [1.807, 2.05) is 19.9 Å². The summed E-state index contributed by atoms with van der Waals surface area (Å²) >= 11 is 0. The quantitative estimate of drug-likeness (QED) is 0.402. The predicted octanol–water partition coefficient (Wildman–Crippen LogP) is 4.79. The molecule has 0 aromatic rings. The third-order valence-electron chi connectivity index (χ3n) is 9.71. The van der Waals surface area contributed by atoms with E-state index >= 15 is 0 Å². The van der Waals surface area contributed by atoms with Crippen molar-refractivity contribution in [2.75, 3.05) is 13.2 Å². The number of carbonyl (C=O) groups is 3. The van der Waals surface area contributed by atoms with Crippen molar-refractivity contribution in [3.05, 3.63) is 11.6 Å². The molecule has 0 spiro atoms. The number of esters is 1. The molecule has 3 saturated carbocycles. The first-order chi connectivity index (χ1) is 15.6. The van der Waals surface area contributed by atoms with Gasteiger partial charge >= 0.3 is 5.97 Å². The molecule has 184 valence electrons. The van der Waals surface area contributed by atoms with Gasteiger partial charge in [-0.15, -0.1) is 0 Å². The highest BCUT2D eigenvalue weighted by Gasteiger charge is 2.67. The van der Waals surface area contributed by atoms with Gasteiger partial charge in [0.15, 0.2) is 18.7 Å². The van der Waals surface area contributed by atoms with Gasteiger partial charge in [-0.25, -0.2) is 0 Å². The van der Waals surface area contributed by atoms with Crippen LogP contribution in [0.1, 0.15) is 86.0 Å². The summed E-state index contributed by atoms with van der Waals surface area (Å²) in [5.41, 5.74) is 0.0929. The topological polar surface area (TPSA) is 78.9 Å². The van der Waals surface area contributed by atoms with Gasteiger partial charge in [-0.2, -0.15) is 0 Å². The Morgan fingerprint density at radius 2 is 1.82 bits per heavy atom. The van der Waals surface area contributed by atoms with Gasteiger partial charge in [0.2, 0.25) is 5.78 Å². The molecule has 0 bridgehead atoms. The number of Topliss-reactive ketones (excluding diaryl/α,β-unsaturated/α-hetero) is 1. The molecule has 0 aromatic carbocycles. The zero-order valence-electron chi connectivity index (χ0n) is 20.9. The lowest BCUT2D eigenvalue weighted by Crippen LogP contribution is -2.60. The van der Waals surface area contributed by atoms with Gasteiger partial charge < -0.3 is 14.2 Å². The molecule has 3 fully saturated rings. The Morgan fingerprint density at radius 3 is 2.52 bits per heavy atom. The maximum atomic E-state index is 13.7.